The molecule has 6 heteroatoms. The summed E-state index contributed by atoms with van der Waals surface area (Å²) in [5, 5.41) is 0.484. The van der Waals surface area contributed by atoms with Crippen LogP contribution in [-0.4, -0.2) is 22.8 Å². The number of furan rings is 1. The fraction of sp³-hybridized carbons (Fsp3) is 0.111. The highest BCUT2D eigenvalue weighted by Gasteiger charge is 2.15. The first-order chi connectivity index (χ1) is 11.5. The molecule has 3 aromatic rings. The zero-order valence-corrected chi connectivity index (χ0v) is 15.2. The van der Waals surface area contributed by atoms with Crippen molar-refractivity contribution in [1.82, 2.24) is 9.88 Å². The smallest absolute Gasteiger partial charge is 0.272 e. The van der Waals surface area contributed by atoms with Gasteiger partial charge in [-0.25, -0.2) is 0 Å². The van der Waals surface area contributed by atoms with Gasteiger partial charge in [-0.1, -0.05) is 39.7 Å². The second-order valence-electron chi connectivity index (χ2n) is 5.29. The number of benzene rings is 1. The van der Waals surface area contributed by atoms with Crippen LogP contribution >= 0.6 is 27.5 Å². The number of amides is 1. The van der Waals surface area contributed by atoms with Crippen LogP contribution in [0.25, 0.3) is 11.3 Å². The second-order valence-corrected chi connectivity index (χ2v) is 6.65. The van der Waals surface area contributed by atoms with Gasteiger partial charge in [0.2, 0.25) is 0 Å². The van der Waals surface area contributed by atoms with E-state index in [2.05, 4.69) is 20.9 Å². The van der Waals surface area contributed by atoms with E-state index in [9.17, 15) is 4.79 Å². The van der Waals surface area contributed by atoms with Gasteiger partial charge in [0.25, 0.3) is 5.91 Å². The summed E-state index contributed by atoms with van der Waals surface area (Å²) >= 11 is 9.31. The highest BCUT2D eigenvalue weighted by atomic mass is 79.9. The summed E-state index contributed by atoms with van der Waals surface area (Å²) in [6.07, 6.45) is 1.52. The van der Waals surface area contributed by atoms with Gasteiger partial charge in [0, 0.05) is 28.3 Å². The Hall–Kier alpha value is -2.11. The number of aromatic nitrogens is 1. The third-order valence-electron chi connectivity index (χ3n) is 3.47. The fourth-order valence-corrected chi connectivity index (χ4v) is 2.68. The third kappa shape index (κ3) is 3.86. The summed E-state index contributed by atoms with van der Waals surface area (Å²) in [4.78, 5) is 18.0. The van der Waals surface area contributed by atoms with Crippen LogP contribution in [0.5, 0.6) is 0 Å². The summed E-state index contributed by atoms with van der Waals surface area (Å²) in [6, 6.07) is 14.8. The van der Waals surface area contributed by atoms with E-state index < -0.39 is 0 Å². The fourth-order valence-electron chi connectivity index (χ4n) is 2.26. The van der Waals surface area contributed by atoms with Crippen molar-refractivity contribution in [1.29, 1.82) is 0 Å². The van der Waals surface area contributed by atoms with Crippen molar-refractivity contribution in [3.8, 4) is 11.3 Å². The molecule has 1 amide bonds. The van der Waals surface area contributed by atoms with E-state index in [1.54, 1.807) is 24.1 Å². The molecular weight excluding hydrogens is 392 g/mol. The van der Waals surface area contributed by atoms with Gasteiger partial charge in [0.1, 0.15) is 17.2 Å². The van der Waals surface area contributed by atoms with E-state index in [-0.39, 0.29) is 5.91 Å². The van der Waals surface area contributed by atoms with Crippen molar-refractivity contribution < 1.29 is 9.21 Å². The average Bonchev–Trinajstić information content (AvgIpc) is 3.03. The standard InChI is InChI=1S/C18H14BrClN2O2/c1-22(18(23)16-10-14(20)8-9-21-16)11-15-6-7-17(24-15)12-2-4-13(19)5-3-12/h2-10H,11H2,1H3. The molecule has 1 aromatic carbocycles. The first-order valence-corrected chi connectivity index (χ1v) is 8.42. The van der Waals surface area contributed by atoms with Crippen LogP contribution in [0.1, 0.15) is 16.2 Å². The minimum absolute atomic E-state index is 0.209. The molecule has 24 heavy (non-hydrogen) atoms. The minimum atomic E-state index is -0.209. The SMILES string of the molecule is CN(Cc1ccc(-c2ccc(Br)cc2)o1)C(=O)c1cc(Cl)ccn1. The maximum atomic E-state index is 12.4. The Morgan fingerprint density at radius 1 is 1.21 bits per heavy atom. The summed E-state index contributed by atoms with van der Waals surface area (Å²) in [7, 11) is 1.70. The van der Waals surface area contributed by atoms with Crippen molar-refractivity contribution in [2.24, 2.45) is 0 Å². The van der Waals surface area contributed by atoms with E-state index in [1.165, 1.54) is 6.20 Å². The molecule has 0 fully saturated rings. The molecule has 0 bridgehead atoms. The van der Waals surface area contributed by atoms with E-state index in [0.717, 1.165) is 15.8 Å². The van der Waals surface area contributed by atoms with Gasteiger partial charge in [0.05, 0.1) is 6.54 Å². The topological polar surface area (TPSA) is 46.3 Å². The molecule has 122 valence electrons. The molecule has 4 nitrogen and oxygen atoms in total. The largest absolute Gasteiger partial charge is 0.459 e. The molecule has 0 unspecified atom stereocenters. The van der Waals surface area contributed by atoms with Crippen LogP contribution in [0.2, 0.25) is 5.02 Å². The van der Waals surface area contributed by atoms with Crippen LogP contribution in [0.3, 0.4) is 0 Å². The van der Waals surface area contributed by atoms with E-state index in [4.69, 9.17) is 16.0 Å². The van der Waals surface area contributed by atoms with Crippen molar-refractivity contribution in [2.75, 3.05) is 7.05 Å². The highest BCUT2D eigenvalue weighted by Crippen LogP contribution is 2.24. The normalized spacial score (nSPS) is 10.6. The number of carbonyl (C=O) groups is 1. The number of rotatable bonds is 4. The number of halogens is 2. The maximum absolute atomic E-state index is 12.4. The number of nitrogens with zero attached hydrogens (tertiary/aromatic N) is 2. The Balaban J connectivity index is 1.72. The molecular formula is C18H14BrClN2O2. The van der Waals surface area contributed by atoms with Crippen molar-refractivity contribution in [3.63, 3.8) is 0 Å². The Kier molecular flexibility index (Phi) is 5.02. The molecule has 2 aromatic heterocycles. The van der Waals surface area contributed by atoms with Crippen LogP contribution < -0.4 is 0 Å². The van der Waals surface area contributed by atoms with Gasteiger partial charge >= 0.3 is 0 Å². The zero-order chi connectivity index (χ0) is 17.1. The Morgan fingerprint density at radius 2 is 1.96 bits per heavy atom. The van der Waals surface area contributed by atoms with Crippen molar-refractivity contribution in [3.05, 3.63) is 75.7 Å². The summed E-state index contributed by atoms with van der Waals surface area (Å²) in [5.74, 6) is 1.25. The Labute approximate surface area is 153 Å². The predicted octanol–water partition coefficient (Wildman–Crippen LogP) is 5.03. The third-order valence-corrected chi connectivity index (χ3v) is 4.23. The van der Waals surface area contributed by atoms with Gasteiger partial charge in [-0.05, 0) is 36.4 Å². The molecule has 0 saturated heterocycles. The first-order valence-electron chi connectivity index (χ1n) is 7.24. The van der Waals surface area contributed by atoms with Crippen LogP contribution in [0.4, 0.5) is 0 Å². The van der Waals surface area contributed by atoms with Gasteiger partial charge in [-0.15, -0.1) is 0 Å². The monoisotopic (exact) mass is 404 g/mol. The van der Waals surface area contributed by atoms with E-state index in [1.807, 2.05) is 36.4 Å². The molecule has 0 aliphatic heterocycles. The molecule has 3 rings (SSSR count). The zero-order valence-electron chi connectivity index (χ0n) is 12.9. The maximum Gasteiger partial charge on any atom is 0.272 e. The average molecular weight is 406 g/mol. The molecule has 2 heterocycles. The van der Waals surface area contributed by atoms with Crippen molar-refractivity contribution in [2.45, 2.75) is 6.54 Å². The van der Waals surface area contributed by atoms with Gasteiger partial charge in [-0.3, -0.25) is 9.78 Å². The Bertz CT molecular complexity index is 861. The first kappa shape index (κ1) is 16.7. The number of carbonyl (C=O) groups excluding carboxylic acids is 1. The molecule has 0 atom stereocenters. The molecule has 0 radical (unpaired) electrons. The molecule has 0 N–H and O–H groups in total. The summed E-state index contributed by atoms with van der Waals surface area (Å²) in [5.41, 5.74) is 1.29. The second kappa shape index (κ2) is 7.20. The lowest BCUT2D eigenvalue weighted by Gasteiger charge is -2.15. The summed E-state index contributed by atoms with van der Waals surface area (Å²) < 4.78 is 6.85. The number of pyridine rings is 1. The Morgan fingerprint density at radius 3 is 2.67 bits per heavy atom. The summed E-state index contributed by atoms with van der Waals surface area (Å²) in [6.45, 7) is 0.351. The van der Waals surface area contributed by atoms with Crippen LogP contribution in [0, 0.1) is 0 Å². The van der Waals surface area contributed by atoms with E-state index >= 15 is 0 Å². The lowest BCUT2D eigenvalue weighted by Crippen LogP contribution is -2.26. The molecule has 0 aliphatic carbocycles. The van der Waals surface area contributed by atoms with Gasteiger partial charge in [0.15, 0.2) is 0 Å². The van der Waals surface area contributed by atoms with E-state index in [0.29, 0.717) is 23.0 Å². The molecule has 0 saturated carbocycles. The molecule has 0 aliphatic rings. The highest BCUT2D eigenvalue weighted by molar-refractivity contribution is 9.10. The van der Waals surface area contributed by atoms with Crippen LogP contribution in [-0.2, 0) is 6.54 Å². The lowest BCUT2D eigenvalue weighted by atomic mass is 10.2. The lowest BCUT2D eigenvalue weighted by molar-refractivity contribution is 0.0770. The predicted molar refractivity (Wildman–Crippen MR) is 96.9 cm³/mol. The molecule has 0 spiro atoms. The number of hydrogen-bond donors (Lipinski definition) is 0. The van der Waals surface area contributed by atoms with Crippen molar-refractivity contribution >= 4 is 33.4 Å². The number of hydrogen-bond acceptors (Lipinski definition) is 3. The van der Waals surface area contributed by atoms with Gasteiger partial charge in [-0.2, -0.15) is 0 Å². The minimum Gasteiger partial charge on any atom is -0.459 e. The van der Waals surface area contributed by atoms with Gasteiger partial charge < -0.3 is 9.32 Å². The van der Waals surface area contributed by atoms with Crippen LogP contribution in [0.15, 0.2) is 63.6 Å². The quantitative estimate of drug-likeness (QED) is 0.611.